The minimum absolute atomic E-state index is 0.203. The monoisotopic (exact) mass is 155 g/mol. The molecule has 0 fully saturated rings. The van der Waals surface area contributed by atoms with Crippen LogP contribution in [0.2, 0.25) is 0 Å². The molecule has 1 rings (SSSR count). The lowest BCUT2D eigenvalue weighted by atomic mass is 10.3. The summed E-state index contributed by atoms with van der Waals surface area (Å²) in [7, 11) is 1.42. The van der Waals surface area contributed by atoms with Gasteiger partial charge in [0.15, 0.2) is 5.82 Å². The van der Waals surface area contributed by atoms with E-state index in [2.05, 4.69) is 5.18 Å². The van der Waals surface area contributed by atoms with Gasteiger partial charge in [-0.1, -0.05) is 0 Å². The highest BCUT2D eigenvalue weighted by Gasteiger charge is 2.02. The lowest BCUT2D eigenvalue weighted by molar-refractivity contribution is 0.411. The van der Waals surface area contributed by atoms with Crippen molar-refractivity contribution in [2.24, 2.45) is 5.18 Å². The Kier molecular flexibility index (Phi) is 2.15. The Hall–Kier alpha value is -1.45. The molecule has 3 nitrogen and oxygen atoms in total. The molecule has 0 saturated heterocycles. The predicted molar refractivity (Wildman–Crippen MR) is 38.4 cm³/mol. The molecule has 1 aromatic carbocycles. The molecule has 0 radical (unpaired) electrons. The maximum absolute atomic E-state index is 12.7. The van der Waals surface area contributed by atoms with Crippen molar-refractivity contribution in [2.45, 2.75) is 0 Å². The van der Waals surface area contributed by atoms with Crippen LogP contribution >= 0.6 is 0 Å². The van der Waals surface area contributed by atoms with Gasteiger partial charge < -0.3 is 4.74 Å². The van der Waals surface area contributed by atoms with E-state index in [1.54, 1.807) is 0 Å². The van der Waals surface area contributed by atoms with Crippen LogP contribution in [0.15, 0.2) is 23.4 Å². The van der Waals surface area contributed by atoms with E-state index >= 15 is 0 Å². The largest absolute Gasteiger partial charge is 0.497 e. The van der Waals surface area contributed by atoms with Gasteiger partial charge in [-0.3, -0.25) is 0 Å². The van der Waals surface area contributed by atoms with Crippen LogP contribution < -0.4 is 4.74 Å². The van der Waals surface area contributed by atoms with Gasteiger partial charge in [-0.25, -0.2) is 4.39 Å². The third-order valence-corrected chi connectivity index (χ3v) is 1.25. The molecule has 0 aliphatic carbocycles. The van der Waals surface area contributed by atoms with Crippen molar-refractivity contribution in [3.05, 3.63) is 28.9 Å². The Balaban J connectivity index is 3.09. The molecular weight excluding hydrogens is 149 g/mol. The van der Waals surface area contributed by atoms with E-state index in [0.717, 1.165) is 6.07 Å². The van der Waals surface area contributed by atoms with Crippen molar-refractivity contribution in [2.75, 3.05) is 7.11 Å². The van der Waals surface area contributed by atoms with E-state index in [-0.39, 0.29) is 5.69 Å². The Morgan fingerprint density at radius 1 is 1.55 bits per heavy atom. The van der Waals surface area contributed by atoms with Crippen LogP contribution in [0.5, 0.6) is 5.75 Å². The van der Waals surface area contributed by atoms with Crippen molar-refractivity contribution in [1.82, 2.24) is 0 Å². The topological polar surface area (TPSA) is 38.7 Å². The third kappa shape index (κ3) is 1.52. The van der Waals surface area contributed by atoms with Gasteiger partial charge in [0, 0.05) is 6.07 Å². The molecule has 1 aromatic rings. The quantitative estimate of drug-likeness (QED) is 0.614. The molecule has 11 heavy (non-hydrogen) atoms. The lowest BCUT2D eigenvalue weighted by Gasteiger charge is -1.98. The Labute approximate surface area is 62.8 Å². The van der Waals surface area contributed by atoms with Crippen molar-refractivity contribution >= 4 is 5.69 Å². The van der Waals surface area contributed by atoms with Gasteiger partial charge >= 0.3 is 0 Å². The average Bonchev–Trinajstić information content (AvgIpc) is 2.04. The summed E-state index contributed by atoms with van der Waals surface area (Å²) in [5.74, 6) is -0.297. The minimum atomic E-state index is -0.667. The first-order chi connectivity index (χ1) is 5.27. The second-order valence-electron chi connectivity index (χ2n) is 1.91. The third-order valence-electron chi connectivity index (χ3n) is 1.25. The molecule has 0 unspecified atom stereocenters. The lowest BCUT2D eigenvalue weighted by Crippen LogP contribution is -1.83. The van der Waals surface area contributed by atoms with Gasteiger partial charge in [0.2, 0.25) is 0 Å². The molecule has 0 N–H and O–H groups in total. The zero-order valence-corrected chi connectivity index (χ0v) is 5.87. The van der Waals surface area contributed by atoms with E-state index < -0.39 is 5.82 Å². The predicted octanol–water partition coefficient (Wildman–Crippen LogP) is 2.23. The molecule has 0 saturated carbocycles. The summed E-state index contributed by atoms with van der Waals surface area (Å²) in [5.41, 5.74) is -0.203. The normalized spacial score (nSPS) is 9.27. The average molecular weight is 155 g/mol. The number of ether oxygens (including phenoxy) is 1. The molecule has 0 bridgehead atoms. The van der Waals surface area contributed by atoms with Crippen LogP contribution in [0.1, 0.15) is 0 Å². The second-order valence-corrected chi connectivity index (χ2v) is 1.91. The smallest absolute Gasteiger partial charge is 0.156 e. The summed E-state index contributed by atoms with van der Waals surface area (Å²) in [6.07, 6.45) is 0. The van der Waals surface area contributed by atoms with Crippen molar-refractivity contribution in [1.29, 1.82) is 0 Å². The number of nitroso groups, excluding NO2 is 1. The van der Waals surface area contributed by atoms with Gasteiger partial charge in [0.05, 0.1) is 7.11 Å². The van der Waals surface area contributed by atoms with Crippen LogP contribution in [0.4, 0.5) is 10.1 Å². The van der Waals surface area contributed by atoms with E-state index in [1.807, 2.05) is 0 Å². The van der Waals surface area contributed by atoms with Gasteiger partial charge in [0.25, 0.3) is 0 Å². The molecular formula is C7H6FNO2. The highest BCUT2D eigenvalue weighted by atomic mass is 19.1. The highest BCUT2D eigenvalue weighted by molar-refractivity contribution is 5.42. The first-order valence-electron chi connectivity index (χ1n) is 2.95. The number of halogens is 1. The fourth-order valence-corrected chi connectivity index (χ4v) is 0.689. The van der Waals surface area contributed by atoms with Crippen LogP contribution in [0.25, 0.3) is 0 Å². The summed E-state index contributed by atoms with van der Waals surface area (Å²) in [5, 5.41) is 2.46. The van der Waals surface area contributed by atoms with E-state index in [9.17, 15) is 9.30 Å². The number of rotatable bonds is 2. The fourth-order valence-electron chi connectivity index (χ4n) is 0.689. The van der Waals surface area contributed by atoms with Crippen molar-refractivity contribution in [3.8, 4) is 5.75 Å². The molecule has 0 spiro atoms. The van der Waals surface area contributed by atoms with Gasteiger partial charge in [0.1, 0.15) is 11.4 Å². The summed E-state index contributed by atoms with van der Waals surface area (Å²) in [4.78, 5) is 9.90. The van der Waals surface area contributed by atoms with Crippen molar-refractivity contribution in [3.63, 3.8) is 0 Å². The van der Waals surface area contributed by atoms with E-state index in [4.69, 9.17) is 4.74 Å². The minimum Gasteiger partial charge on any atom is -0.497 e. The Bertz CT molecular complexity index is 275. The Morgan fingerprint density at radius 2 is 2.27 bits per heavy atom. The first-order valence-corrected chi connectivity index (χ1v) is 2.95. The summed E-state index contributed by atoms with van der Waals surface area (Å²) in [6.45, 7) is 0. The standard InChI is InChI=1S/C7H6FNO2/c1-11-5-2-3-7(9-10)6(8)4-5/h2-4H,1H3. The fraction of sp³-hybridized carbons (Fsp3) is 0.143. The van der Waals surface area contributed by atoms with E-state index in [1.165, 1.54) is 19.2 Å². The van der Waals surface area contributed by atoms with Gasteiger partial charge in [-0.05, 0) is 17.3 Å². The maximum Gasteiger partial charge on any atom is 0.156 e. The molecule has 0 aromatic heterocycles. The number of hydrogen-bond acceptors (Lipinski definition) is 3. The van der Waals surface area contributed by atoms with Crippen LogP contribution in [-0.4, -0.2) is 7.11 Å². The molecule has 0 amide bonds. The van der Waals surface area contributed by atoms with Gasteiger partial charge in [-0.2, -0.15) is 0 Å². The number of methoxy groups -OCH3 is 1. The van der Waals surface area contributed by atoms with E-state index in [0.29, 0.717) is 5.75 Å². The number of nitrogens with zero attached hydrogens (tertiary/aromatic N) is 1. The molecule has 58 valence electrons. The zero-order chi connectivity index (χ0) is 8.27. The van der Waals surface area contributed by atoms with Crippen LogP contribution in [-0.2, 0) is 0 Å². The van der Waals surface area contributed by atoms with Crippen LogP contribution in [0.3, 0.4) is 0 Å². The molecule has 0 aliphatic rings. The zero-order valence-electron chi connectivity index (χ0n) is 5.87. The Morgan fingerprint density at radius 3 is 2.73 bits per heavy atom. The molecule has 0 heterocycles. The maximum atomic E-state index is 12.7. The van der Waals surface area contributed by atoms with Crippen LogP contribution in [0, 0.1) is 10.7 Å². The SMILES string of the molecule is COc1ccc(N=O)c(F)c1. The van der Waals surface area contributed by atoms with Crippen molar-refractivity contribution < 1.29 is 9.13 Å². The summed E-state index contributed by atoms with van der Waals surface area (Å²) >= 11 is 0. The number of hydrogen-bond donors (Lipinski definition) is 0. The summed E-state index contributed by atoms with van der Waals surface area (Å²) in [6, 6.07) is 3.84. The summed E-state index contributed by atoms with van der Waals surface area (Å²) < 4.78 is 17.4. The van der Waals surface area contributed by atoms with Gasteiger partial charge in [-0.15, -0.1) is 4.91 Å². The molecule has 0 aliphatic heterocycles. The molecule has 4 heteroatoms. The molecule has 0 atom stereocenters. The second kappa shape index (κ2) is 3.09. The number of benzene rings is 1. The highest BCUT2D eigenvalue weighted by Crippen LogP contribution is 2.21. The first kappa shape index (κ1) is 7.65.